The number of nitrogens with zero attached hydrogens (tertiary/aromatic N) is 6. The Labute approximate surface area is 337 Å². The van der Waals surface area contributed by atoms with Gasteiger partial charge in [0.25, 0.3) is 0 Å². The summed E-state index contributed by atoms with van der Waals surface area (Å²) >= 11 is 0. The minimum Gasteiger partial charge on any atom is -0.485 e. The van der Waals surface area contributed by atoms with Crippen molar-refractivity contribution in [1.82, 2.24) is 30.6 Å². The van der Waals surface area contributed by atoms with Crippen LogP contribution in [0.2, 0.25) is 0 Å². The van der Waals surface area contributed by atoms with Crippen molar-refractivity contribution >= 4 is 0 Å². The van der Waals surface area contributed by atoms with Gasteiger partial charge in [-0.2, -0.15) is 36.3 Å². The van der Waals surface area contributed by atoms with Crippen molar-refractivity contribution in [2.45, 2.75) is 66.5 Å². The van der Waals surface area contributed by atoms with E-state index in [0.29, 0.717) is 107 Å². The van der Waals surface area contributed by atoms with E-state index in [-0.39, 0.29) is 38.1 Å². The van der Waals surface area contributed by atoms with Gasteiger partial charge in [-0.1, -0.05) is 20.6 Å². The molecule has 0 atom stereocenters. The molecule has 60 heavy (non-hydrogen) atoms. The third kappa shape index (κ3) is 11.9. The second-order valence-corrected chi connectivity index (χ2v) is 13.2. The molecule has 6 aromatic rings. The van der Waals surface area contributed by atoms with Gasteiger partial charge >= 0.3 is 24.1 Å². The number of ether oxygens (including phenoxy) is 6. The first-order valence-corrected chi connectivity index (χ1v) is 18.1. The van der Waals surface area contributed by atoms with Gasteiger partial charge in [0, 0.05) is 23.3 Å². The first kappa shape index (κ1) is 43.7. The Morgan fingerprint density at radius 2 is 0.800 bits per heavy atom. The predicted octanol–water partition coefficient (Wildman–Crippen LogP) is 7.96. The quantitative estimate of drug-likeness (QED) is 0.0501. The number of hydrogen-bond donors (Lipinski definition) is 0. The molecule has 0 saturated carbocycles. The zero-order valence-corrected chi connectivity index (χ0v) is 32.6. The maximum atomic E-state index is 12.8. The number of aromatic nitrogens is 6. The van der Waals surface area contributed by atoms with Gasteiger partial charge in [0.2, 0.25) is 11.6 Å². The van der Waals surface area contributed by atoms with Crippen LogP contribution in [-0.2, 0) is 57.7 Å². The van der Waals surface area contributed by atoms with Crippen molar-refractivity contribution in [2.24, 2.45) is 0 Å². The standard InChI is InChI=1S/C38H38F6N6O10/c1-21-11-25(33-45-35(59-49-33)37(39,40)41)12-22(2)31(21)55-19-29-15-27(47-57-29)17-53-9-7-51-5-6-52-8-10-54-18-28-16-30(58-48-28)20-56-32-23(3)13-26(14-24(32)4)34-46-36(60-50-34)38(42,43)44/h11-16H,5-10,17-20H2,1-4H3. The second-order valence-electron chi connectivity index (χ2n) is 13.2. The van der Waals surface area contributed by atoms with E-state index in [1.807, 2.05) is 0 Å². The van der Waals surface area contributed by atoms with Crippen molar-refractivity contribution in [3.63, 3.8) is 0 Å². The van der Waals surface area contributed by atoms with Gasteiger partial charge in [0.1, 0.15) is 36.1 Å². The van der Waals surface area contributed by atoms with Crippen LogP contribution in [-0.4, -0.2) is 70.2 Å². The summed E-state index contributed by atoms with van der Waals surface area (Å²) in [7, 11) is 0. The van der Waals surface area contributed by atoms with Crippen LogP contribution in [0.3, 0.4) is 0 Å². The summed E-state index contributed by atoms with van der Waals surface area (Å²) in [5, 5.41) is 14.8. The number of hydrogen-bond acceptors (Lipinski definition) is 16. The van der Waals surface area contributed by atoms with Crippen LogP contribution in [0.4, 0.5) is 26.3 Å². The highest BCUT2D eigenvalue weighted by molar-refractivity contribution is 5.62. The molecule has 22 heteroatoms. The smallest absolute Gasteiger partial charge is 0.471 e. The van der Waals surface area contributed by atoms with Crippen LogP contribution >= 0.6 is 0 Å². The Kier molecular flexibility index (Phi) is 14.2. The van der Waals surface area contributed by atoms with Crippen molar-refractivity contribution in [2.75, 3.05) is 39.6 Å². The summed E-state index contributed by atoms with van der Waals surface area (Å²) in [4.78, 5) is 6.86. The molecular formula is C38H38F6N6O10. The molecule has 2 aromatic carbocycles. The van der Waals surface area contributed by atoms with Crippen LogP contribution < -0.4 is 9.47 Å². The molecule has 0 amide bonds. The van der Waals surface area contributed by atoms with Gasteiger partial charge in [0.05, 0.1) is 52.9 Å². The fourth-order valence-corrected chi connectivity index (χ4v) is 5.71. The zero-order valence-electron chi connectivity index (χ0n) is 32.6. The third-order valence-electron chi connectivity index (χ3n) is 8.32. The highest BCUT2D eigenvalue weighted by atomic mass is 19.4. The Morgan fingerprint density at radius 1 is 0.450 bits per heavy atom. The molecule has 0 fully saturated rings. The Hall–Kier alpha value is -5.84. The molecule has 0 aliphatic rings. The van der Waals surface area contributed by atoms with Crippen LogP contribution in [0, 0.1) is 27.7 Å². The van der Waals surface area contributed by atoms with E-state index in [0.717, 1.165) is 0 Å². The summed E-state index contributed by atoms with van der Waals surface area (Å²) in [6, 6.07) is 9.81. The summed E-state index contributed by atoms with van der Waals surface area (Å²) in [5.41, 5.74) is 4.46. The van der Waals surface area contributed by atoms with E-state index < -0.39 is 24.1 Å². The molecule has 0 radical (unpaired) electrons. The van der Waals surface area contributed by atoms with Crippen LogP contribution in [0.5, 0.6) is 11.5 Å². The van der Waals surface area contributed by atoms with Crippen LogP contribution in [0.1, 0.15) is 56.9 Å². The molecule has 0 spiro atoms. The molecule has 0 unspecified atom stereocenters. The lowest BCUT2D eigenvalue weighted by atomic mass is 10.1. The number of alkyl halides is 6. The SMILES string of the molecule is Cc1cc(-c2noc(C(F)(F)F)n2)cc(C)c1OCc1cc(COCCOCCOCCOCc2cc(COc3c(C)cc(-c4noc(C(F)(F)F)n4)cc3C)on2)no1. The molecule has 16 nitrogen and oxygen atoms in total. The molecule has 0 N–H and O–H groups in total. The van der Waals surface area contributed by atoms with E-state index in [9.17, 15) is 26.3 Å². The van der Waals surface area contributed by atoms with Gasteiger partial charge in [0.15, 0.2) is 11.5 Å². The topological polar surface area (TPSA) is 185 Å². The van der Waals surface area contributed by atoms with Gasteiger partial charge < -0.3 is 46.5 Å². The number of aryl methyl sites for hydroxylation is 4. The molecule has 4 heterocycles. The minimum atomic E-state index is -4.73. The Bertz CT molecular complexity index is 2110. The van der Waals surface area contributed by atoms with E-state index in [4.69, 9.17) is 37.5 Å². The molecule has 4 aromatic heterocycles. The lowest BCUT2D eigenvalue weighted by Crippen LogP contribution is -2.12. The largest absolute Gasteiger partial charge is 0.485 e. The highest BCUT2D eigenvalue weighted by Crippen LogP contribution is 2.34. The van der Waals surface area contributed by atoms with E-state index >= 15 is 0 Å². The molecule has 0 aliphatic heterocycles. The van der Waals surface area contributed by atoms with E-state index in [1.165, 1.54) is 0 Å². The second kappa shape index (κ2) is 19.5. The lowest BCUT2D eigenvalue weighted by Gasteiger charge is -2.12. The Morgan fingerprint density at radius 3 is 1.13 bits per heavy atom. The molecule has 0 bridgehead atoms. The predicted molar refractivity (Wildman–Crippen MR) is 191 cm³/mol. The summed E-state index contributed by atoms with van der Waals surface area (Å²) < 4.78 is 130. The average molecular weight is 853 g/mol. The van der Waals surface area contributed by atoms with Gasteiger partial charge in [-0.3, -0.25) is 0 Å². The first-order valence-electron chi connectivity index (χ1n) is 18.1. The fraction of sp³-hybridized carbons (Fsp3) is 0.421. The minimum absolute atomic E-state index is 0.0632. The number of halogens is 6. The average Bonchev–Trinajstić information content (AvgIpc) is 4.02. The Balaban J connectivity index is 0.790. The van der Waals surface area contributed by atoms with Gasteiger partial charge in [-0.15, -0.1) is 0 Å². The van der Waals surface area contributed by atoms with Crippen LogP contribution in [0.15, 0.2) is 54.5 Å². The molecule has 6 rings (SSSR count). The maximum Gasteiger partial charge on any atom is 0.471 e. The van der Waals surface area contributed by atoms with Crippen molar-refractivity contribution < 1.29 is 72.9 Å². The van der Waals surface area contributed by atoms with Crippen molar-refractivity contribution in [3.05, 3.63) is 93.3 Å². The highest BCUT2D eigenvalue weighted by Gasteiger charge is 2.39. The number of rotatable bonds is 21. The van der Waals surface area contributed by atoms with Gasteiger partial charge in [-0.05, 0) is 74.2 Å². The molecule has 0 saturated heterocycles. The molecule has 322 valence electrons. The maximum absolute atomic E-state index is 12.8. The summed E-state index contributed by atoms with van der Waals surface area (Å²) in [6.07, 6.45) is -9.47. The normalized spacial score (nSPS) is 12.1. The lowest BCUT2D eigenvalue weighted by molar-refractivity contribution is -0.160. The first-order chi connectivity index (χ1) is 28.6. The number of benzene rings is 2. The summed E-state index contributed by atoms with van der Waals surface area (Å²) in [6.45, 7) is 9.48. The molecular weight excluding hydrogens is 814 g/mol. The van der Waals surface area contributed by atoms with Gasteiger partial charge in [-0.25, -0.2) is 0 Å². The summed E-state index contributed by atoms with van der Waals surface area (Å²) in [5.74, 6) is -1.23. The monoisotopic (exact) mass is 852 g/mol. The van der Waals surface area contributed by atoms with Crippen molar-refractivity contribution in [1.29, 1.82) is 0 Å². The van der Waals surface area contributed by atoms with Crippen molar-refractivity contribution in [3.8, 4) is 34.3 Å². The zero-order chi connectivity index (χ0) is 42.9. The van der Waals surface area contributed by atoms with E-state index in [2.05, 4.69) is 39.6 Å². The van der Waals surface area contributed by atoms with E-state index in [1.54, 1.807) is 64.1 Å². The van der Waals surface area contributed by atoms with Crippen LogP contribution in [0.25, 0.3) is 22.8 Å². The third-order valence-corrected chi connectivity index (χ3v) is 8.32. The molecule has 0 aliphatic carbocycles. The fourth-order valence-electron chi connectivity index (χ4n) is 5.71.